The van der Waals surface area contributed by atoms with Crippen LogP contribution in [-0.4, -0.2) is 26.4 Å². The van der Waals surface area contributed by atoms with Crippen LogP contribution in [0.25, 0.3) is 0 Å². The summed E-state index contributed by atoms with van der Waals surface area (Å²) in [7, 11) is 0. The highest BCUT2D eigenvalue weighted by atomic mass is 32.2. The van der Waals surface area contributed by atoms with Gasteiger partial charge in [0.2, 0.25) is 0 Å². The molecule has 0 aliphatic carbocycles. The molecule has 0 aliphatic rings. The first-order valence-corrected chi connectivity index (χ1v) is 12.2. The minimum Gasteiger partial charge on any atom is -0.598 e. The van der Waals surface area contributed by atoms with Gasteiger partial charge in [-0.25, -0.2) is 4.39 Å². The second-order valence-electron chi connectivity index (χ2n) is 8.93. The molecule has 2 rings (SSSR count). The lowest BCUT2D eigenvalue weighted by atomic mass is 9.93. The molecule has 0 aliphatic heterocycles. The number of thioether (sulfide) groups is 1. The number of halogens is 1. The molecule has 0 heterocycles. The van der Waals surface area contributed by atoms with E-state index in [1.165, 1.54) is 17.8 Å². The van der Waals surface area contributed by atoms with Crippen LogP contribution in [0.5, 0.6) is 0 Å². The number of nitrogens with zero attached hydrogens (tertiary/aromatic N) is 1. The van der Waals surface area contributed by atoms with E-state index in [9.17, 15) is 9.81 Å². The van der Waals surface area contributed by atoms with Gasteiger partial charge in [0.15, 0.2) is 0 Å². The molecule has 2 aromatic carbocycles. The first-order chi connectivity index (χ1) is 14.5. The number of ether oxygens (including phenoxy) is 1. The zero-order valence-electron chi connectivity index (χ0n) is 18.8. The van der Waals surface area contributed by atoms with Gasteiger partial charge in [0.05, 0.1) is 24.0 Å². The number of nitriles is 1. The van der Waals surface area contributed by atoms with Crippen molar-refractivity contribution in [1.29, 1.82) is 5.26 Å². The van der Waals surface area contributed by atoms with Crippen LogP contribution in [0.3, 0.4) is 0 Å². The van der Waals surface area contributed by atoms with E-state index in [0.29, 0.717) is 17.9 Å². The highest BCUT2D eigenvalue weighted by Gasteiger charge is 2.44. The SMILES string of the molecule is CC(C)(C#N)SCC(COCc1ccccc1)(N[S+]([O-])C(C)(C)C)c1ccccc1F. The van der Waals surface area contributed by atoms with E-state index >= 15 is 4.39 Å². The van der Waals surface area contributed by atoms with E-state index in [1.807, 2.05) is 65.0 Å². The lowest BCUT2D eigenvalue weighted by Gasteiger charge is -2.38. The Labute approximate surface area is 192 Å². The molecule has 0 aromatic heterocycles. The standard InChI is InChI=1S/C24H31FN2O2S2/c1-22(2,3)31(28)27-24(18-30-23(4,5)16-26,20-13-9-10-14-21(20)25)17-29-15-19-11-7-6-8-12-19/h6-14,27H,15,17-18H2,1-5H3. The summed E-state index contributed by atoms with van der Waals surface area (Å²) in [5.41, 5.74) is 0.283. The van der Waals surface area contributed by atoms with Gasteiger partial charge < -0.3 is 9.29 Å². The summed E-state index contributed by atoms with van der Waals surface area (Å²) in [5.74, 6) is -0.0925. The van der Waals surface area contributed by atoms with E-state index in [1.54, 1.807) is 18.2 Å². The molecule has 31 heavy (non-hydrogen) atoms. The van der Waals surface area contributed by atoms with Gasteiger partial charge in [-0.1, -0.05) is 48.5 Å². The summed E-state index contributed by atoms with van der Waals surface area (Å²) in [6.07, 6.45) is 0. The summed E-state index contributed by atoms with van der Waals surface area (Å²) < 4.78 is 36.1. The lowest BCUT2D eigenvalue weighted by molar-refractivity contribution is 0.0723. The quantitative estimate of drug-likeness (QED) is 0.484. The Kier molecular flexibility index (Phi) is 8.99. The molecular formula is C24H31FN2O2S2. The molecule has 4 nitrogen and oxygen atoms in total. The predicted molar refractivity (Wildman–Crippen MR) is 127 cm³/mol. The normalized spacial score (nSPS) is 15.2. The molecule has 168 valence electrons. The third-order valence-electron chi connectivity index (χ3n) is 4.64. The Morgan fingerprint density at radius 3 is 2.26 bits per heavy atom. The minimum atomic E-state index is -1.49. The second-order valence-corrected chi connectivity index (χ2v) is 12.5. The van der Waals surface area contributed by atoms with E-state index in [0.717, 1.165) is 5.56 Å². The zero-order valence-corrected chi connectivity index (χ0v) is 20.4. The van der Waals surface area contributed by atoms with Crippen LogP contribution in [0, 0.1) is 17.1 Å². The van der Waals surface area contributed by atoms with E-state index in [-0.39, 0.29) is 6.61 Å². The van der Waals surface area contributed by atoms with Gasteiger partial charge in [0.25, 0.3) is 0 Å². The molecular weight excluding hydrogens is 431 g/mol. The van der Waals surface area contributed by atoms with Crippen LogP contribution in [0.15, 0.2) is 54.6 Å². The highest BCUT2D eigenvalue weighted by Crippen LogP contribution is 2.36. The molecule has 0 bridgehead atoms. The first kappa shape index (κ1) is 25.7. The average Bonchev–Trinajstić information content (AvgIpc) is 2.72. The second kappa shape index (κ2) is 10.8. The van der Waals surface area contributed by atoms with Gasteiger partial charge >= 0.3 is 0 Å². The van der Waals surface area contributed by atoms with Crippen molar-refractivity contribution in [3.8, 4) is 6.07 Å². The third kappa shape index (κ3) is 7.51. The van der Waals surface area contributed by atoms with Crippen molar-refractivity contribution in [2.45, 2.75) is 56.3 Å². The molecule has 0 amide bonds. The summed E-state index contributed by atoms with van der Waals surface area (Å²) in [4.78, 5) is 0. The number of hydrogen-bond acceptors (Lipinski definition) is 5. The Balaban J connectivity index is 2.42. The molecule has 0 fully saturated rings. The molecule has 2 atom stereocenters. The van der Waals surface area contributed by atoms with Crippen LogP contribution in [0.4, 0.5) is 4.39 Å². The summed E-state index contributed by atoms with van der Waals surface area (Å²) >= 11 is -0.103. The maximum absolute atomic E-state index is 15.0. The number of nitrogens with one attached hydrogen (secondary N) is 1. The Morgan fingerprint density at radius 2 is 1.68 bits per heavy atom. The molecule has 2 unspecified atom stereocenters. The largest absolute Gasteiger partial charge is 0.598 e. The van der Waals surface area contributed by atoms with Crippen molar-refractivity contribution >= 4 is 23.1 Å². The van der Waals surface area contributed by atoms with E-state index in [4.69, 9.17) is 4.74 Å². The van der Waals surface area contributed by atoms with Crippen LogP contribution < -0.4 is 4.72 Å². The van der Waals surface area contributed by atoms with Crippen molar-refractivity contribution in [1.82, 2.24) is 4.72 Å². The summed E-state index contributed by atoms with van der Waals surface area (Å²) in [6, 6.07) is 18.4. The van der Waals surface area contributed by atoms with Crippen LogP contribution in [0.1, 0.15) is 45.7 Å². The number of hydrogen-bond donors (Lipinski definition) is 1. The fourth-order valence-electron chi connectivity index (χ4n) is 2.74. The van der Waals surface area contributed by atoms with Gasteiger partial charge in [0.1, 0.15) is 16.1 Å². The van der Waals surface area contributed by atoms with Gasteiger partial charge in [-0.3, -0.25) is 0 Å². The van der Waals surface area contributed by atoms with E-state index < -0.39 is 32.2 Å². The molecule has 0 saturated carbocycles. The zero-order chi connectivity index (χ0) is 23.1. The van der Waals surface area contributed by atoms with Crippen LogP contribution in [0.2, 0.25) is 0 Å². The number of benzene rings is 2. The van der Waals surface area contributed by atoms with Crippen molar-refractivity contribution in [2.75, 3.05) is 12.4 Å². The third-order valence-corrected chi connectivity index (χ3v) is 7.78. The van der Waals surface area contributed by atoms with Crippen molar-refractivity contribution < 1.29 is 13.7 Å². The van der Waals surface area contributed by atoms with Gasteiger partial charge in [-0.05, 0) is 46.2 Å². The fraction of sp³-hybridized carbons (Fsp3) is 0.458. The maximum Gasteiger partial charge on any atom is 0.136 e. The summed E-state index contributed by atoms with van der Waals surface area (Å²) in [6.45, 7) is 9.65. The molecule has 0 radical (unpaired) electrons. The molecule has 7 heteroatoms. The highest BCUT2D eigenvalue weighted by molar-refractivity contribution is 8.01. The molecule has 0 spiro atoms. The Hall–Kier alpha value is -1.56. The van der Waals surface area contributed by atoms with Gasteiger partial charge in [0, 0.05) is 22.7 Å². The number of rotatable bonds is 10. The molecule has 0 saturated heterocycles. The van der Waals surface area contributed by atoms with Crippen LogP contribution >= 0.6 is 11.8 Å². The van der Waals surface area contributed by atoms with Gasteiger partial charge in [-0.15, -0.1) is 16.5 Å². The topological polar surface area (TPSA) is 68.1 Å². The Morgan fingerprint density at radius 1 is 1.06 bits per heavy atom. The maximum atomic E-state index is 15.0. The monoisotopic (exact) mass is 462 g/mol. The van der Waals surface area contributed by atoms with Crippen molar-refractivity contribution in [3.05, 3.63) is 71.5 Å². The van der Waals surface area contributed by atoms with Crippen molar-refractivity contribution in [2.24, 2.45) is 0 Å². The van der Waals surface area contributed by atoms with Gasteiger partial charge in [-0.2, -0.15) is 5.26 Å². The minimum absolute atomic E-state index is 0.0964. The smallest absolute Gasteiger partial charge is 0.136 e. The van der Waals surface area contributed by atoms with Crippen molar-refractivity contribution in [3.63, 3.8) is 0 Å². The Bertz CT molecular complexity index is 881. The lowest BCUT2D eigenvalue weighted by Crippen LogP contribution is -2.56. The van der Waals surface area contributed by atoms with Crippen LogP contribution in [-0.2, 0) is 28.2 Å². The van der Waals surface area contributed by atoms with E-state index in [2.05, 4.69) is 10.8 Å². The first-order valence-electron chi connectivity index (χ1n) is 10.1. The molecule has 1 N–H and O–H groups in total. The summed E-state index contributed by atoms with van der Waals surface area (Å²) in [5, 5.41) is 9.50. The average molecular weight is 463 g/mol. The predicted octanol–water partition coefficient (Wildman–Crippen LogP) is 5.32. The molecule has 2 aromatic rings. The fourth-order valence-corrected chi connectivity index (χ4v) is 4.72.